The lowest BCUT2D eigenvalue weighted by atomic mass is 10.1. The van der Waals surface area contributed by atoms with Crippen molar-refractivity contribution in [3.8, 4) is 17.6 Å². The average Bonchev–Trinajstić information content (AvgIpc) is 3.34. The summed E-state index contributed by atoms with van der Waals surface area (Å²) in [6, 6.07) is 16.8. The molecule has 0 radical (unpaired) electrons. The zero-order chi connectivity index (χ0) is 26.8. The van der Waals surface area contributed by atoms with E-state index in [1.807, 2.05) is 44.8 Å². The number of para-hydroxylation sites is 1. The molecule has 0 atom stereocenters. The summed E-state index contributed by atoms with van der Waals surface area (Å²) in [6.45, 7) is 5.87. The number of H-pyrrole nitrogens is 1. The number of carbonyl (C=O) groups is 3. The van der Waals surface area contributed by atoms with Gasteiger partial charge in [-0.25, -0.2) is 4.39 Å². The van der Waals surface area contributed by atoms with Crippen LogP contribution in [0.25, 0.3) is 10.9 Å². The van der Waals surface area contributed by atoms with E-state index < -0.39 is 5.82 Å². The number of nitriles is 1. The smallest absolute Gasteiger partial charge is 0.267 e. The predicted molar refractivity (Wildman–Crippen MR) is 136 cm³/mol. The van der Waals surface area contributed by atoms with Crippen molar-refractivity contribution < 1.29 is 23.5 Å². The molecule has 2 N–H and O–H groups in total. The molecule has 1 amide bonds. The minimum atomic E-state index is -0.719. The van der Waals surface area contributed by atoms with Crippen LogP contribution in [0, 0.1) is 24.1 Å². The summed E-state index contributed by atoms with van der Waals surface area (Å²) in [6.07, 6.45) is 0. The van der Waals surface area contributed by atoms with E-state index in [4.69, 9.17) is 42.8 Å². The molecule has 10 heteroatoms. The van der Waals surface area contributed by atoms with Gasteiger partial charge in [0.05, 0.1) is 16.7 Å². The first-order valence-electron chi connectivity index (χ1n) is 10.2. The van der Waals surface area contributed by atoms with Crippen molar-refractivity contribution in [2.24, 2.45) is 0 Å². The van der Waals surface area contributed by atoms with E-state index in [1.165, 1.54) is 30.3 Å². The Labute approximate surface area is 216 Å². The van der Waals surface area contributed by atoms with Crippen LogP contribution in [0.4, 0.5) is 4.39 Å². The first-order chi connectivity index (χ1) is 17.4. The van der Waals surface area contributed by atoms with Gasteiger partial charge in [-0.3, -0.25) is 4.79 Å². The van der Waals surface area contributed by atoms with E-state index in [9.17, 15) is 4.79 Å². The number of nitrogens with zero attached hydrogens (tertiary/aromatic N) is 1. The Kier molecular flexibility index (Phi) is 10.2. The number of carbonyl (C=O) groups excluding carboxylic acids is 3. The summed E-state index contributed by atoms with van der Waals surface area (Å²) in [5.74, 6) is -1.13. The fourth-order valence-corrected chi connectivity index (χ4v) is 3.72. The number of amides is 1. The Bertz CT molecular complexity index is 1430. The van der Waals surface area contributed by atoms with Gasteiger partial charge in [0, 0.05) is 28.0 Å². The van der Waals surface area contributed by atoms with Crippen LogP contribution in [-0.4, -0.2) is 24.5 Å². The Morgan fingerprint density at radius 1 is 1.11 bits per heavy atom. The molecule has 0 aliphatic rings. The lowest BCUT2D eigenvalue weighted by Crippen LogP contribution is -2.23. The van der Waals surface area contributed by atoms with Gasteiger partial charge in [-0.15, -0.1) is 0 Å². The molecule has 1 aromatic heterocycles. The molecule has 36 heavy (non-hydrogen) atoms. The van der Waals surface area contributed by atoms with Gasteiger partial charge >= 0.3 is 0 Å². The highest BCUT2D eigenvalue weighted by atomic mass is 35.5. The van der Waals surface area contributed by atoms with Gasteiger partial charge in [0.15, 0.2) is 11.6 Å². The quantitative estimate of drug-likeness (QED) is 0.323. The Hall–Kier alpha value is -4.19. The third-order valence-electron chi connectivity index (χ3n) is 4.90. The molecule has 0 saturated carbocycles. The number of fused-ring (bicyclic) bond motifs is 1. The van der Waals surface area contributed by atoms with Gasteiger partial charge in [0.25, 0.3) is 5.91 Å². The number of rotatable bonds is 5. The topological polar surface area (TPSA) is 112 Å². The molecule has 0 saturated heterocycles. The number of aromatic amines is 1. The van der Waals surface area contributed by atoms with Gasteiger partial charge in [0.2, 0.25) is 0 Å². The lowest BCUT2D eigenvalue weighted by molar-refractivity contribution is -0.0987. The average molecular weight is 528 g/mol. The van der Waals surface area contributed by atoms with Crippen molar-refractivity contribution in [3.05, 3.63) is 92.8 Å². The SMILES string of the molecule is C=O.C=O.Cc1cccc2cc(C(=O)NCc3ccc(Cl)c(Oc4cc(Cl)cc(C#N)c4)c3F)[nH]c12. The number of hydrogen-bond donors (Lipinski definition) is 2. The number of hydrogen-bond acceptors (Lipinski definition) is 5. The zero-order valence-corrected chi connectivity index (χ0v) is 20.5. The predicted octanol–water partition coefficient (Wildman–Crippen LogP) is 6.15. The van der Waals surface area contributed by atoms with Crippen LogP contribution >= 0.6 is 23.2 Å². The molecular weight excluding hydrogens is 508 g/mol. The van der Waals surface area contributed by atoms with Crippen LogP contribution in [0.3, 0.4) is 0 Å². The highest BCUT2D eigenvalue weighted by Gasteiger charge is 2.17. The molecule has 0 aliphatic carbocycles. The van der Waals surface area contributed by atoms with Gasteiger partial charge in [-0.05, 0) is 42.8 Å². The minimum absolute atomic E-state index is 0.0437. The van der Waals surface area contributed by atoms with E-state index in [0.29, 0.717) is 5.69 Å². The largest absolute Gasteiger partial charge is 0.453 e. The summed E-state index contributed by atoms with van der Waals surface area (Å²) in [7, 11) is 0. The number of benzene rings is 3. The highest BCUT2D eigenvalue weighted by molar-refractivity contribution is 6.32. The summed E-state index contributed by atoms with van der Waals surface area (Å²) < 4.78 is 20.7. The zero-order valence-electron chi connectivity index (χ0n) is 19.0. The molecule has 0 unspecified atom stereocenters. The molecule has 0 aliphatic heterocycles. The number of aryl methyl sites for hydroxylation is 1. The van der Waals surface area contributed by atoms with Crippen molar-refractivity contribution in [2.45, 2.75) is 13.5 Å². The second kappa shape index (κ2) is 13.0. The lowest BCUT2D eigenvalue weighted by Gasteiger charge is -2.13. The molecule has 4 rings (SSSR count). The number of aromatic nitrogens is 1. The summed E-state index contributed by atoms with van der Waals surface area (Å²) >= 11 is 12.1. The fraction of sp³-hybridized carbons (Fsp3) is 0.0769. The minimum Gasteiger partial charge on any atom is -0.453 e. The van der Waals surface area contributed by atoms with Gasteiger partial charge in [-0.2, -0.15) is 5.26 Å². The molecule has 0 bridgehead atoms. The summed E-state index contributed by atoms with van der Waals surface area (Å²) in [4.78, 5) is 31.7. The van der Waals surface area contributed by atoms with Crippen molar-refractivity contribution in [3.63, 3.8) is 0 Å². The Morgan fingerprint density at radius 2 is 1.83 bits per heavy atom. The van der Waals surface area contributed by atoms with Crippen molar-refractivity contribution in [1.82, 2.24) is 10.3 Å². The first kappa shape index (κ1) is 28.1. The fourth-order valence-electron chi connectivity index (χ4n) is 3.31. The number of nitrogens with one attached hydrogen (secondary N) is 2. The van der Waals surface area contributed by atoms with E-state index in [2.05, 4.69) is 10.3 Å². The molecular formula is C26H20Cl2FN3O4. The maximum absolute atomic E-state index is 15.1. The van der Waals surface area contributed by atoms with E-state index in [0.717, 1.165) is 16.5 Å². The van der Waals surface area contributed by atoms with Crippen molar-refractivity contribution >= 4 is 53.6 Å². The molecule has 0 spiro atoms. The number of ether oxygens (including phenoxy) is 1. The van der Waals surface area contributed by atoms with Crippen LogP contribution in [-0.2, 0) is 16.1 Å². The van der Waals surface area contributed by atoms with Crippen LogP contribution in [0.2, 0.25) is 10.0 Å². The van der Waals surface area contributed by atoms with E-state index >= 15 is 4.39 Å². The van der Waals surface area contributed by atoms with Crippen LogP contribution in [0.15, 0.2) is 54.6 Å². The van der Waals surface area contributed by atoms with E-state index in [1.54, 1.807) is 6.07 Å². The van der Waals surface area contributed by atoms with Crippen LogP contribution < -0.4 is 10.1 Å². The van der Waals surface area contributed by atoms with Gasteiger partial charge in [0.1, 0.15) is 25.0 Å². The maximum atomic E-state index is 15.1. The van der Waals surface area contributed by atoms with Crippen molar-refractivity contribution in [2.75, 3.05) is 0 Å². The third kappa shape index (κ3) is 6.48. The van der Waals surface area contributed by atoms with E-state index in [-0.39, 0.29) is 45.1 Å². The molecule has 184 valence electrons. The molecule has 7 nitrogen and oxygen atoms in total. The second-order valence-electron chi connectivity index (χ2n) is 7.14. The summed E-state index contributed by atoms with van der Waals surface area (Å²) in [5, 5.41) is 13.0. The van der Waals surface area contributed by atoms with Crippen molar-refractivity contribution in [1.29, 1.82) is 5.26 Å². The standard InChI is InChI=1S/C24H16Cl2FN3O2.2CH2O/c1-13-3-2-4-15-9-20(30-22(13)15)24(31)29-12-16-5-6-19(26)23(21(16)27)32-18-8-14(11-28)7-17(25)10-18;2*1-2/h2-10,30H,12H2,1H3,(H,29,31);2*1H2. The van der Waals surface area contributed by atoms with Crippen LogP contribution in [0.1, 0.15) is 27.2 Å². The monoisotopic (exact) mass is 527 g/mol. The van der Waals surface area contributed by atoms with Crippen LogP contribution in [0.5, 0.6) is 11.5 Å². The molecule has 0 fully saturated rings. The number of halogens is 3. The highest BCUT2D eigenvalue weighted by Crippen LogP contribution is 2.35. The second-order valence-corrected chi connectivity index (χ2v) is 7.99. The normalized spacial score (nSPS) is 9.75. The third-order valence-corrected chi connectivity index (χ3v) is 5.41. The molecule has 4 aromatic rings. The molecule has 1 heterocycles. The van der Waals surface area contributed by atoms with Gasteiger partial charge in [-0.1, -0.05) is 47.5 Å². The Balaban J connectivity index is 0.00000109. The molecule has 3 aromatic carbocycles. The van der Waals surface area contributed by atoms with Gasteiger partial charge < -0.3 is 24.6 Å². The summed E-state index contributed by atoms with van der Waals surface area (Å²) in [5.41, 5.74) is 2.73. The Morgan fingerprint density at radius 3 is 2.50 bits per heavy atom. The maximum Gasteiger partial charge on any atom is 0.267 e. The first-order valence-corrected chi connectivity index (χ1v) is 10.9.